The van der Waals surface area contributed by atoms with Crippen molar-refractivity contribution in [1.29, 1.82) is 0 Å². The summed E-state index contributed by atoms with van der Waals surface area (Å²) in [5.41, 5.74) is 0.0159. The molecule has 0 aliphatic rings. The highest BCUT2D eigenvalue weighted by Gasteiger charge is 2.36. The van der Waals surface area contributed by atoms with E-state index < -0.39 is 41.7 Å². The Balaban J connectivity index is 2.02. The molecule has 0 saturated carbocycles. The first-order valence-corrected chi connectivity index (χ1v) is 11.1. The summed E-state index contributed by atoms with van der Waals surface area (Å²) >= 11 is 0. The topological polar surface area (TPSA) is 80.1 Å². The molecule has 0 unspecified atom stereocenters. The normalized spacial score (nSPS) is 11.8. The van der Waals surface area contributed by atoms with Gasteiger partial charge in [0.25, 0.3) is 10.0 Å². The van der Waals surface area contributed by atoms with Crippen molar-refractivity contribution in [3.05, 3.63) is 78.8 Å². The molecule has 0 aliphatic carbocycles. The van der Waals surface area contributed by atoms with Crippen molar-refractivity contribution in [3.8, 4) is 5.75 Å². The number of para-hydroxylation sites is 2. The van der Waals surface area contributed by atoms with Crippen LogP contribution in [-0.2, 0) is 21.4 Å². The van der Waals surface area contributed by atoms with Crippen LogP contribution in [0.25, 0.3) is 0 Å². The van der Waals surface area contributed by atoms with Crippen LogP contribution in [0.1, 0.15) is 5.76 Å². The second kappa shape index (κ2) is 9.99. The number of ether oxygens (including phenoxy) is 1. The van der Waals surface area contributed by atoms with Crippen LogP contribution in [0.5, 0.6) is 5.75 Å². The third-order valence-corrected chi connectivity index (χ3v) is 6.39. The molecule has 2 aromatic carbocycles. The van der Waals surface area contributed by atoms with Gasteiger partial charge in [-0.25, -0.2) is 8.42 Å². The highest BCUT2D eigenvalue weighted by Crippen LogP contribution is 2.32. The van der Waals surface area contributed by atoms with E-state index in [1.165, 1.54) is 68.0 Å². The van der Waals surface area contributed by atoms with Crippen LogP contribution in [0.15, 0.2) is 82.3 Å². The lowest BCUT2D eigenvalue weighted by Gasteiger charge is -2.29. The van der Waals surface area contributed by atoms with Gasteiger partial charge in [0.2, 0.25) is 5.91 Å². The Morgan fingerprint density at radius 1 is 1.00 bits per heavy atom. The first kappa shape index (κ1) is 24.2. The monoisotopic (exact) mass is 482 g/mol. The fourth-order valence-corrected chi connectivity index (χ4v) is 4.56. The number of furan rings is 1. The molecular formula is C22H21F3N2O5S. The molecule has 176 valence electrons. The molecule has 33 heavy (non-hydrogen) atoms. The van der Waals surface area contributed by atoms with Gasteiger partial charge < -0.3 is 14.1 Å². The molecule has 0 atom stereocenters. The number of anilines is 1. The van der Waals surface area contributed by atoms with Gasteiger partial charge >= 0.3 is 6.18 Å². The summed E-state index contributed by atoms with van der Waals surface area (Å²) in [6.45, 7) is -2.93. The highest BCUT2D eigenvalue weighted by atomic mass is 32.2. The number of carbonyl (C=O) groups excluding carboxylic acids is 1. The Bertz CT molecular complexity index is 1170. The zero-order chi connectivity index (χ0) is 24.1. The van der Waals surface area contributed by atoms with Gasteiger partial charge in [0.1, 0.15) is 24.6 Å². The predicted octanol–water partition coefficient (Wildman–Crippen LogP) is 4.07. The first-order chi connectivity index (χ1) is 15.6. The van der Waals surface area contributed by atoms with E-state index in [2.05, 4.69) is 0 Å². The molecule has 1 heterocycles. The largest absolute Gasteiger partial charge is 0.495 e. The Labute approximate surface area is 189 Å². The summed E-state index contributed by atoms with van der Waals surface area (Å²) in [7, 11) is -3.00. The average Bonchev–Trinajstić information content (AvgIpc) is 3.29. The molecule has 0 radical (unpaired) electrons. The quantitative estimate of drug-likeness (QED) is 0.459. The number of sulfonamides is 1. The lowest BCUT2D eigenvalue weighted by atomic mass is 10.3. The van der Waals surface area contributed by atoms with Gasteiger partial charge in [-0.2, -0.15) is 13.2 Å². The van der Waals surface area contributed by atoms with Crippen LogP contribution in [0.3, 0.4) is 0 Å². The Hall–Kier alpha value is -3.47. The first-order valence-electron chi connectivity index (χ1n) is 9.69. The smallest absolute Gasteiger partial charge is 0.406 e. The standard InChI is InChI=1S/C22H21F3N2O5S/c1-31-20-12-6-5-11-19(20)27(33(29,30)18-9-3-2-4-10-18)15-21(28)26(16-22(23,24)25)14-17-8-7-13-32-17/h2-13H,14-16H2,1H3. The summed E-state index contributed by atoms with van der Waals surface area (Å²) in [4.78, 5) is 13.4. The lowest BCUT2D eigenvalue weighted by Crippen LogP contribution is -2.46. The number of methoxy groups -OCH3 is 1. The molecule has 1 amide bonds. The summed E-state index contributed by atoms with van der Waals surface area (Å²) < 4.78 is 77.5. The van der Waals surface area contributed by atoms with E-state index in [1.807, 2.05) is 0 Å². The van der Waals surface area contributed by atoms with E-state index >= 15 is 0 Å². The maximum absolute atomic E-state index is 13.4. The van der Waals surface area contributed by atoms with Crippen LogP contribution >= 0.6 is 0 Å². The molecular weight excluding hydrogens is 461 g/mol. The van der Waals surface area contributed by atoms with Gasteiger partial charge in [0.05, 0.1) is 30.5 Å². The zero-order valence-electron chi connectivity index (χ0n) is 17.5. The SMILES string of the molecule is COc1ccccc1N(CC(=O)N(Cc1ccco1)CC(F)(F)F)S(=O)(=O)c1ccccc1. The molecule has 0 saturated heterocycles. The van der Waals surface area contributed by atoms with E-state index in [0.717, 1.165) is 4.31 Å². The number of rotatable bonds is 9. The zero-order valence-corrected chi connectivity index (χ0v) is 18.3. The van der Waals surface area contributed by atoms with E-state index in [4.69, 9.17) is 9.15 Å². The molecule has 11 heteroatoms. The van der Waals surface area contributed by atoms with E-state index in [9.17, 15) is 26.4 Å². The minimum atomic E-state index is -4.70. The third-order valence-electron chi connectivity index (χ3n) is 4.61. The number of amides is 1. The number of alkyl halides is 3. The molecule has 0 aliphatic heterocycles. The van der Waals surface area contributed by atoms with Gasteiger partial charge in [-0.3, -0.25) is 9.10 Å². The number of benzene rings is 2. The van der Waals surface area contributed by atoms with Crippen LogP contribution in [0.4, 0.5) is 18.9 Å². The second-order valence-corrected chi connectivity index (χ2v) is 8.80. The summed E-state index contributed by atoms with van der Waals surface area (Å²) in [5.74, 6) is -0.797. The molecule has 7 nitrogen and oxygen atoms in total. The van der Waals surface area contributed by atoms with Crippen LogP contribution in [0, 0.1) is 0 Å². The van der Waals surface area contributed by atoms with Gasteiger partial charge in [-0.1, -0.05) is 30.3 Å². The van der Waals surface area contributed by atoms with Crippen molar-refractivity contribution in [2.24, 2.45) is 0 Å². The average molecular weight is 482 g/mol. The molecule has 0 N–H and O–H groups in total. The fourth-order valence-electron chi connectivity index (χ4n) is 3.12. The number of halogens is 3. The van der Waals surface area contributed by atoms with Crippen molar-refractivity contribution in [2.75, 3.05) is 24.5 Å². The van der Waals surface area contributed by atoms with Gasteiger partial charge in [-0.05, 0) is 36.4 Å². The Morgan fingerprint density at radius 2 is 1.67 bits per heavy atom. The van der Waals surface area contributed by atoms with Crippen molar-refractivity contribution >= 4 is 21.6 Å². The molecule has 3 rings (SSSR count). The van der Waals surface area contributed by atoms with E-state index in [-0.39, 0.29) is 22.1 Å². The molecule has 0 spiro atoms. The van der Waals surface area contributed by atoms with Crippen LogP contribution in [0.2, 0.25) is 0 Å². The van der Waals surface area contributed by atoms with Crippen molar-refractivity contribution in [2.45, 2.75) is 17.6 Å². The summed E-state index contributed by atoms with van der Waals surface area (Å²) in [6.07, 6.45) is -3.43. The Morgan fingerprint density at radius 3 is 2.27 bits per heavy atom. The van der Waals surface area contributed by atoms with Crippen molar-refractivity contribution < 1.29 is 35.5 Å². The Kier molecular flexibility index (Phi) is 7.32. The minimum Gasteiger partial charge on any atom is -0.495 e. The van der Waals surface area contributed by atoms with Crippen molar-refractivity contribution in [3.63, 3.8) is 0 Å². The van der Waals surface area contributed by atoms with Gasteiger partial charge in [0, 0.05) is 0 Å². The molecule has 0 bridgehead atoms. The van der Waals surface area contributed by atoms with E-state index in [1.54, 1.807) is 12.1 Å². The number of hydrogen-bond acceptors (Lipinski definition) is 5. The van der Waals surface area contributed by atoms with Gasteiger partial charge in [0.15, 0.2) is 0 Å². The van der Waals surface area contributed by atoms with Crippen LogP contribution < -0.4 is 9.04 Å². The number of hydrogen-bond donors (Lipinski definition) is 0. The summed E-state index contributed by atoms with van der Waals surface area (Å²) in [6, 6.07) is 16.2. The maximum Gasteiger partial charge on any atom is 0.406 e. The predicted molar refractivity (Wildman–Crippen MR) is 114 cm³/mol. The summed E-state index contributed by atoms with van der Waals surface area (Å²) in [5, 5.41) is 0. The van der Waals surface area contributed by atoms with E-state index in [0.29, 0.717) is 4.90 Å². The molecule has 1 aromatic heterocycles. The fraction of sp³-hybridized carbons (Fsp3) is 0.227. The minimum absolute atomic E-state index is 0.0159. The second-order valence-electron chi connectivity index (χ2n) is 6.94. The molecule has 3 aromatic rings. The lowest BCUT2D eigenvalue weighted by molar-refractivity contribution is -0.161. The number of nitrogens with zero attached hydrogens (tertiary/aromatic N) is 2. The van der Waals surface area contributed by atoms with Crippen molar-refractivity contribution in [1.82, 2.24) is 4.90 Å². The third kappa shape index (κ3) is 6.07. The van der Waals surface area contributed by atoms with Crippen LogP contribution in [-0.4, -0.2) is 45.6 Å². The van der Waals surface area contributed by atoms with Gasteiger partial charge in [-0.15, -0.1) is 0 Å². The maximum atomic E-state index is 13.4. The highest BCUT2D eigenvalue weighted by molar-refractivity contribution is 7.92. The number of carbonyl (C=O) groups is 1. The molecule has 0 fully saturated rings.